The summed E-state index contributed by atoms with van der Waals surface area (Å²) in [6.45, 7) is -0.0330. The van der Waals surface area contributed by atoms with Crippen LogP contribution in [0.2, 0.25) is 0 Å². The van der Waals surface area contributed by atoms with E-state index in [1.54, 1.807) is 0 Å². The van der Waals surface area contributed by atoms with E-state index < -0.39 is 51.1 Å². The molecule has 3 rings (SSSR count). The summed E-state index contributed by atoms with van der Waals surface area (Å²) in [5.41, 5.74) is 0.720. The van der Waals surface area contributed by atoms with Crippen LogP contribution in [0, 0.1) is 11.6 Å². The molecule has 6 nitrogen and oxygen atoms in total. The predicted molar refractivity (Wildman–Crippen MR) is 104 cm³/mol. The molecule has 1 saturated heterocycles. The predicted octanol–water partition coefficient (Wildman–Crippen LogP) is 3.32. The van der Waals surface area contributed by atoms with Crippen LogP contribution >= 0.6 is 0 Å². The molecule has 1 fully saturated rings. The van der Waals surface area contributed by atoms with Gasteiger partial charge in [0.15, 0.2) is 0 Å². The molecule has 1 aliphatic heterocycles. The molecule has 1 unspecified atom stereocenters. The number of aryl methyl sites for hydroxylation is 1. The third kappa shape index (κ3) is 6.00. The molecule has 1 aromatic heterocycles. The van der Waals surface area contributed by atoms with Crippen molar-refractivity contribution in [3.63, 3.8) is 0 Å². The van der Waals surface area contributed by atoms with Crippen LogP contribution in [0.4, 0.5) is 22.0 Å². The lowest BCUT2D eigenvalue weighted by Gasteiger charge is -2.23. The average Bonchev–Trinajstić information content (AvgIpc) is 3.20. The lowest BCUT2D eigenvalue weighted by atomic mass is 10.1. The van der Waals surface area contributed by atoms with E-state index in [0.717, 1.165) is 4.31 Å². The fourth-order valence-corrected chi connectivity index (χ4v) is 5.15. The number of rotatable bonds is 7. The molecule has 32 heavy (non-hydrogen) atoms. The molecule has 0 spiro atoms. The van der Waals surface area contributed by atoms with Gasteiger partial charge in [0.2, 0.25) is 15.9 Å². The van der Waals surface area contributed by atoms with Crippen LogP contribution in [-0.2, 0) is 27.8 Å². The molecular weight excluding hydrogens is 457 g/mol. The maximum atomic E-state index is 13.5. The van der Waals surface area contributed by atoms with Crippen LogP contribution < -0.4 is 5.32 Å². The molecule has 1 N–H and O–H groups in total. The van der Waals surface area contributed by atoms with E-state index in [4.69, 9.17) is 0 Å². The molecular formula is C20H20F5N3O3S. The van der Waals surface area contributed by atoms with Gasteiger partial charge in [-0.3, -0.25) is 9.78 Å². The van der Waals surface area contributed by atoms with E-state index in [-0.39, 0.29) is 31.6 Å². The Hall–Kier alpha value is -2.60. The highest BCUT2D eigenvalue weighted by atomic mass is 32.2. The second kappa shape index (κ2) is 9.49. The first-order chi connectivity index (χ1) is 15.0. The fourth-order valence-electron chi connectivity index (χ4n) is 3.45. The van der Waals surface area contributed by atoms with Crippen LogP contribution in [0.15, 0.2) is 41.4 Å². The van der Waals surface area contributed by atoms with Crippen LogP contribution in [0.1, 0.15) is 30.5 Å². The molecule has 1 atom stereocenters. The van der Waals surface area contributed by atoms with Crippen LogP contribution in [0.25, 0.3) is 0 Å². The standard InChI is InChI=1S/C20H20F5N3O3S/c21-14-9-15(22)11-17(10-14)32(30,31)28-7-1-2-18(28)19(29)27-12-13-4-6-26-16(8-13)3-5-20(23,24)25/h4,6,8-11,18H,1-3,5,7,12H2,(H,27,29). The van der Waals surface area contributed by atoms with Crippen molar-refractivity contribution in [2.45, 2.75) is 49.3 Å². The Kier molecular flexibility index (Phi) is 7.13. The van der Waals surface area contributed by atoms with Crippen molar-refractivity contribution >= 4 is 15.9 Å². The molecule has 1 aromatic carbocycles. The van der Waals surface area contributed by atoms with Gasteiger partial charge in [-0.25, -0.2) is 17.2 Å². The van der Waals surface area contributed by atoms with E-state index >= 15 is 0 Å². The highest BCUT2D eigenvalue weighted by Gasteiger charge is 2.39. The van der Waals surface area contributed by atoms with Gasteiger partial charge in [-0.1, -0.05) is 0 Å². The van der Waals surface area contributed by atoms with Gasteiger partial charge < -0.3 is 5.32 Å². The molecule has 2 aromatic rings. The minimum Gasteiger partial charge on any atom is -0.351 e. The Bertz CT molecular complexity index is 1070. The maximum Gasteiger partial charge on any atom is 0.389 e. The number of nitrogens with zero attached hydrogens (tertiary/aromatic N) is 2. The molecule has 174 valence electrons. The summed E-state index contributed by atoms with van der Waals surface area (Å²) in [6.07, 6.45) is -3.70. The first kappa shape index (κ1) is 24.1. The highest BCUT2D eigenvalue weighted by molar-refractivity contribution is 7.89. The molecule has 1 aliphatic rings. The number of benzene rings is 1. The van der Waals surface area contributed by atoms with Crippen molar-refractivity contribution in [2.75, 3.05) is 6.54 Å². The Morgan fingerprint density at radius 3 is 2.50 bits per heavy atom. The third-order valence-corrected chi connectivity index (χ3v) is 6.85. The van der Waals surface area contributed by atoms with Crippen molar-refractivity contribution in [2.24, 2.45) is 0 Å². The number of aromatic nitrogens is 1. The summed E-state index contributed by atoms with van der Waals surface area (Å²) < 4.78 is 90.7. The molecule has 0 aliphatic carbocycles. The minimum absolute atomic E-state index is 0.00933. The van der Waals surface area contributed by atoms with E-state index in [1.807, 2.05) is 0 Å². The van der Waals surface area contributed by atoms with Gasteiger partial charge in [0, 0.05) is 37.5 Å². The Morgan fingerprint density at radius 1 is 1.16 bits per heavy atom. The van der Waals surface area contributed by atoms with Gasteiger partial charge in [-0.15, -0.1) is 0 Å². The van der Waals surface area contributed by atoms with E-state index in [9.17, 15) is 35.2 Å². The van der Waals surface area contributed by atoms with Gasteiger partial charge >= 0.3 is 6.18 Å². The van der Waals surface area contributed by atoms with Crippen LogP contribution in [0.5, 0.6) is 0 Å². The number of sulfonamides is 1. The fraction of sp³-hybridized carbons (Fsp3) is 0.400. The largest absolute Gasteiger partial charge is 0.389 e. The molecule has 0 bridgehead atoms. The number of nitrogens with one attached hydrogen (secondary N) is 1. The monoisotopic (exact) mass is 477 g/mol. The molecule has 0 radical (unpaired) electrons. The van der Waals surface area contributed by atoms with E-state index in [2.05, 4.69) is 10.3 Å². The van der Waals surface area contributed by atoms with E-state index in [1.165, 1.54) is 18.3 Å². The molecule has 1 amide bonds. The third-order valence-electron chi connectivity index (χ3n) is 4.96. The summed E-state index contributed by atoms with van der Waals surface area (Å²) in [4.78, 5) is 15.9. The zero-order chi connectivity index (χ0) is 23.5. The van der Waals surface area contributed by atoms with Gasteiger partial charge in [-0.2, -0.15) is 17.5 Å². The molecule has 0 saturated carbocycles. The number of carbonyl (C=O) groups is 1. The average molecular weight is 477 g/mol. The first-order valence-electron chi connectivity index (χ1n) is 9.72. The van der Waals surface area contributed by atoms with Crippen molar-refractivity contribution < 1.29 is 35.2 Å². The minimum atomic E-state index is -4.31. The SMILES string of the molecule is O=C(NCc1ccnc(CCC(F)(F)F)c1)C1CCCN1S(=O)(=O)c1cc(F)cc(F)c1. The second-order valence-electron chi connectivity index (χ2n) is 7.37. The lowest BCUT2D eigenvalue weighted by molar-refractivity contribution is -0.134. The number of amides is 1. The second-order valence-corrected chi connectivity index (χ2v) is 9.26. The van der Waals surface area contributed by atoms with Gasteiger partial charge in [0.05, 0.1) is 4.90 Å². The normalized spacial score (nSPS) is 17.5. The first-order valence-corrected chi connectivity index (χ1v) is 11.2. The van der Waals surface area contributed by atoms with Gasteiger partial charge in [0.25, 0.3) is 0 Å². The maximum absolute atomic E-state index is 13.5. The number of hydrogen-bond acceptors (Lipinski definition) is 4. The van der Waals surface area contributed by atoms with Crippen molar-refractivity contribution in [1.82, 2.24) is 14.6 Å². The van der Waals surface area contributed by atoms with Crippen molar-refractivity contribution in [1.29, 1.82) is 0 Å². The van der Waals surface area contributed by atoms with E-state index in [0.29, 0.717) is 30.2 Å². The molecule has 12 heteroatoms. The smallest absolute Gasteiger partial charge is 0.351 e. The molecule has 2 heterocycles. The highest BCUT2D eigenvalue weighted by Crippen LogP contribution is 2.27. The topological polar surface area (TPSA) is 79.4 Å². The number of carbonyl (C=O) groups excluding carboxylic acids is 1. The summed E-state index contributed by atoms with van der Waals surface area (Å²) >= 11 is 0. The summed E-state index contributed by atoms with van der Waals surface area (Å²) in [5, 5.41) is 2.57. The van der Waals surface area contributed by atoms with Gasteiger partial charge in [0.1, 0.15) is 17.7 Å². The Morgan fingerprint density at radius 2 is 1.84 bits per heavy atom. The summed E-state index contributed by atoms with van der Waals surface area (Å²) in [5.74, 6) is -2.72. The quantitative estimate of drug-likeness (QED) is 0.621. The Balaban J connectivity index is 1.67. The van der Waals surface area contributed by atoms with Gasteiger partial charge in [-0.05, 0) is 49.1 Å². The zero-order valence-electron chi connectivity index (χ0n) is 16.7. The number of halogens is 5. The summed E-state index contributed by atoms with van der Waals surface area (Å²) in [6, 6.07) is 3.81. The number of pyridine rings is 1. The number of alkyl halides is 3. The van der Waals surface area contributed by atoms with Crippen molar-refractivity contribution in [3.8, 4) is 0 Å². The zero-order valence-corrected chi connectivity index (χ0v) is 17.5. The van der Waals surface area contributed by atoms with Crippen LogP contribution in [-0.4, -0.2) is 42.4 Å². The summed E-state index contributed by atoms with van der Waals surface area (Å²) in [7, 11) is -4.31. The number of hydrogen-bond donors (Lipinski definition) is 1. The Labute approximate surface area is 181 Å². The lowest BCUT2D eigenvalue weighted by Crippen LogP contribution is -2.45. The van der Waals surface area contributed by atoms with Crippen molar-refractivity contribution in [3.05, 3.63) is 59.4 Å². The van der Waals surface area contributed by atoms with Crippen LogP contribution in [0.3, 0.4) is 0 Å².